The van der Waals surface area contributed by atoms with E-state index in [0.717, 1.165) is 11.8 Å². The molecule has 2 aliphatic carbocycles. The predicted octanol–water partition coefficient (Wildman–Crippen LogP) is 1.67. The van der Waals surface area contributed by atoms with Gasteiger partial charge < -0.3 is 0 Å². The molecule has 2 saturated carbocycles. The SMILES string of the molecule is CC#CC12CC1C2C. The number of hydrogen-bond acceptors (Lipinski definition) is 0. The van der Waals surface area contributed by atoms with Gasteiger partial charge >= 0.3 is 0 Å². The Labute approximate surface area is 50.3 Å². The topological polar surface area (TPSA) is 0 Å². The van der Waals surface area contributed by atoms with Crippen LogP contribution >= 0.6 is 0 Å². The van der Waals surface area contributed by atoms with E-state index in [1.165, 1.54) is 6.42 Å². The van der Waals surface area contributed by atoms with Crippen molar-refractivity contribution >= 4 is 0 Å². The Morgan fingerprint density at radius 3 is 2.38 bits per heavy atom. The van der Waals surface area contributed by atoms with Crippen LogP contribution in [0, 0.1) is 29.1 Å². The van der Waals surface area contributed by atoms with E-state index in [1.54, 1.807) is 0 Å². The summed E-state index contributed by atoms with van der Waals surface area (Å²) in [5, 5.41) is 0. The Balaban J connectivity index is 2.16. The molecular formula is C8H10. The minimum atomic E-state index is 0.564. The van der Waals surface area contributed by atoms with Gasteiger partial charge in [0.25, 0.3) is 0 Å². The summed E-state index contributed by atoms with van der Waals surface area (Å²) in [6.45, 7) is 4.24. The van der Waals surface area contributed by atoms with Crippen LogP contribution in [0.2, 0.25) is 0 Å². The Kier molecular flexibility index (Phi) is 0.531. The van der Waals surface area contributed by atoms with Gasteiger partial charge in [-0.25, -0.2) is 0 Å². The van der Waals surface area contributed by atoms with Crippen LogP contribution in [0.5, 0.6) is 0 Å². The molecule has 2 aliphatic rings. The third-order valence-electron chi connectivity index (χ3n) is 2.72. The van der Waals surface area contributed by atoms with E-state index in [-0.39, 0.29) is 0 Å². The average molecular weight is 106 g/mol. The zero-order valence-corrected chi connectivity index (χ0v) is 5.36. The lowest BCUT2D eigenvalue weighted by Gasteiger charge is -1.94. The minimum absolute atomic E-state index is 0.564. The molecule has 0 heteroatoms. The summed E-state index contributed by atoms with van der Waals surface area (Å²) in [5.74, 6) is 8.21. The van der Waals surface area contributed by atoms with Crippen LogP contribution in [0.15, 0.2) is 0 Å². The second kappa shape index (κ2) is 0.957. The molecular weight excluding hydrogens is 96.1 g/mol. The van der Waals surface area contributed by atoms with Crippen molar-refractivity contribution in [2.75, 3.05) is 0 Å². The fourth-order valence-corrected chi connectivity index (χ4v) is 1.72. The molecule has 0 aromatic rings. The van der Waals surface area contributed by atoms with E-state index in [4.69, 9.17) is 0 Å². The van der Waals surface area contributed by atoms with Crippen LogP contribution in [-0.4, -0.2) is 0 Å². The summed E-state index contributed by atoms with van der Waals surface area (Å²) in [6.07, 6.45) is 1.40. The highest BCUT2D eigenvalue weighted by Crippen LogP contribution is 2.79. The van der Waals surface area contributed by atoms with Crippen LogP contribution < -0.4 is 0 Å². The molecule has 0 nitrogen and oxygen atoms in total. The first-order chi connectivity index (χ1) is 3.81. The fourth-order valence-electron chi connectivity index (χ4n) is 1.72. The van der Waals surface area contributed by atoms with Gasteiger partial charge in [-0.2, -0.15) is 0 Å². The van der Waals surface area contributed by atoms with Crippen molar-refractivity contribution in [1.82, 2.24) is 0 Å². The van der Waals surface area contributed by atoms with Crippen molar-refractivity contribution in [3.8, 4) is 11.8 Å². The van der Waals surface area contributed by atoms with Crippen molar-refractivity contribution in [3.63, 3.8) is 0 Å². The highest BCUT2D eigenvalue weighted by molar-refractivity contribution is 5.38. The van der Waals surface area contributed by atoms with Gasteiger partial charge in [0.2, 0.25) is 0 Å². The van der Waals surface area contributed by atoms with Crippen LogP contribution in [-0.2, 0) is 0 Å². The van der Waals surface area contributed by atoms with E-state index >= 15 is 0 Å². The molecule has 2 fully saturated rings. The molecule has 8 heavy (non-hydrogen) atoms. The third-order valence-corrected chi connectivity index (χ3v) is 2.72. The summed E-state index contributed by atoms with van der Waals surface area (Å²) in [7, 11) is 0. The second-order valence-electron chi connectivity index (χ2n) is 3.01. The lowest BCUT2D eigenvalue weighted by Crippen LogP contribution is -1.88. The van der Waals surface area contributed by atoms with Gasteiger partial charge in [0, 0.05) is 5.41 Å². The second-order valence-corrected chi connectivity index (χ2v) is 3.01. The van der Waals surface area contributed by atoms with E-state index in [2.05, 4.69) is 18.8 Å². The Bertz CT molecular complexity index is 176. The molecule has 2 rings (SSSR count). The molecule has 0 spiro atoms. The zero-order valence-electron chi connectivity index (χ0n) is 5.36. The van der Waals surface area contributed by atoms with E-state index < -0.39 is 0 Å². The van der Waals surface area contributed by atoms with E-state index in [0.29, 0.717) is 5.41 Å². The van der Waals surface area contributed by atoms with Gasteiger partial charge in [0.1, 0.15) is 0 Å². The summed E-state index contributed by atoms with van der Waals surface area (Å²) in [6, 6.07) is 0. The summed E-state index contributed by atoms with van der Waals surface area (Å²) in [5.41, 5.74) is 0.564. The molecule has 0 amide bonds. The molecule has 42 valence electrons. The quantitative estimate of drug-likeness (QED) is 0.412. The van der Waals surface area contributed by atoms with Crippen LogP contribution in [0.25, 0.3) is 0 Å². The number of hydrogen-bond donors (Lipinski definition) is 0. The Hall–Kier alpha value is -0.440. The van der Waals surface area contributed by atoms with Gasteiger partial charge in [0.15, 0.2) is 0 Å². The summed E-state index contributed by atoms with van der Waals surface area (Å²) >= 11 is 0. The van der Waals surface area contributed by atoms with Crippen molar-refractivity contribution < 1.29 is 0 Å². The summed E-state index contributed by atoms with van der Waals surface area (Å²) < 4.78 is 0. The largest absolute Gasteiger partial charge is 0.106 e. The molecule has 3 unspecified atom stereocenters. The molecule has 0 radical (unpaired) electrons. The van der Waals surface area contributed by atoms with Crippen molar-refractivity contribution in [1.29, 1.82) is 0 Å². The van der Waals surface area contributed by atoms with Crippen LogP contribution in [0.4, 0.5) is 0 Å². The normalized spacial score (nSPS) is 55.8. The van der Waals surface area contributed by atoms with Crippen LogP contribution in [0.3, 0.4) is 0 Å². The molecule has 0 saturated heterocycles. The fraction of sp³-hybridized carbons (Fsp3) is 0.750. The number of rotatable bonds is 0. The lowest BCUT2D eigenvalue weighted by atomic mass is 10.1. The van der Waals surface area contributed by atoms with Crippen molar-refractivity contribution in [3.05, 3.63) is 0 Å². The third kappa shape index (κ3) is 0.274. The maximum absolute atomic E-state index is 3.27. The van der Waals surface area contributed by atoms with Gasteiger partial charge in [-0.3, -0.25) is 0 Å². The van der Waals surface area contributed by atoms with Gasteiger partial charge in [-0.1, -0.05) is 12.8 Å². The van der Waals surface area contributed by atoms with Crippen molar-refractivity contribution in [2.24, 2.45) is 17.3 Å². The predicted molar refractivity (Wildman–Crippen MR) is 33.2 cm³/mol. The van der Waals surface area contributed by atoms with Crippen LogP contribution in [0.1, 0.15) is 20.3 Å². The van der Waals surface area contributed by atoms with Gasteiger partial charge in [-0.05, 0) is 25.2 Å². The maximum atomic E-state index is 3.27. The van der Waals surface area contributed by atoms with E-state index in [9.17, 15) is 0 Å². The first-order valence-corrected chi connectivity index (χ1v) is 3.25. The molecule has 0 aromatic carbocycles. The smallest absolute Gasteiger partial charge is 0.0378 e. The zero-order chi connectivity index (χ0) is 5.78. The standard InChI is InChI=1S/C8H10/c1-3-4-8-5-7(8)6(8)2/h6-7H,5H2,1-2H3. The van der Waals surface area contributed by atoms with Crippen molar-refractivity contribution in [2.45, 2.75) is 20.3 Å². The van der Waals surface area contributed by atoms with Gasteiger partial charge in [-0.15, -0.1) is 5.92 Å². The molecule has 0 heterocycles. The molecule has 0 bridgehead atoms. The monoisotopic (exact) mass is 106 g/mol. The van der Waals surface area contributed by atoms with Gasteiger partial charge in [0.05, 0.1) is 0 Å². The maximum Gasteiger partial charge on any atom is 0.0378 e. The lowest BCUT2D eigenvalue weighted by molar-refractivity contribution is 0.619. The first kappa shape index (κ1) is 4.44. The Morgan fingerprint density at radius 2 is 2.25 bits per heavy atom. The highest BCUT2D eigenvalue weighted by atomic mass is 14.8. The molecule has 0 N–H and O–H groups in total. The summed E-state index contributed by atoms with van der Waals surface area (Å²) in [4.78, 5) is 0. The first-order valence-electron chi connectivity index (χ1n) is 3.25. The Morgan fingerprint density at radius 1 is 1.62 bits per heavy atom. The number of fused-ring (bicyclic) bond motifs is 1. The highest BCUT2D eigenvalue weighted by Gasteiger charge is 2.75. The molecule has 0 aliphatic heterocycles. The molecule has 0 aromatic heterocycles. The average Bonchev–Trinajstić information content (AvgIpc) is 2.55. The minimum Gasteiger partial charge on any atom is -0.106 e. The molecule has 3 atom stereocenters. The van der Waals surface area contributed by atoms with E-state index in [1.807, 2.05) is 6.92 Å².